The minimum Gasteiger partial charge on any atom is -0.398 e. The van der Waals surface area contributed by atoms with E-state index in [9.17, 15) is 0 Å². The van der Waals surface area contributed by atoms with E-state index in [4.69, 9.17) is 5.73 Å². The van der Waals surface area contributed by atoms with Gasteiger partial charge in [0, 0.05) is 31.5 Å². The summed E-state index contributed by atoms with van der Waals surface area (Å²) in [6, 6.07) is 1.94. The number of anilines is 2. The summed E-state index contributed by atoms with van der Waals surface area (Å²) in [4.78, 5) is 8.69. The fourth-order valence-corrected chi connectivity index (χ4v) is 1.48. The number of nitrogens with zero attached hydrogens (tertiary/aromatic N) is 3. The Kier molecular flexibility index (Phi) is 4.55. The van der Waals surface area contributed by atoms with Crippen LogP contribution in [0.25, 0.3) is 0 Å². The van der Waals surface area contributed by atoms with Crippen LogP contribution in [0, 0.1) is 6.92 Å². The van der Waals surface area contributed by atoms with Gasteiger partial charge >= 0.3 is 0 Å². The van der Waals surface area contributed by atoms with Crippen molar-refractivity contribution < 1.29 is 0 Å². The van der Waals surface area contributed by atoms with E-state index in [1.54, 1.807) is 0 Å². The molecule has 1 aromatic rings. The summed E-state index contributed by atoms with van der Waals surface area (Å²) in [5, 5.41) is 0. The summed E-state index contributed by atoms with van der Waals surface area (Å²) in [7, 11) is 6.22. The van der Waals surface area contributed by atoms with E-state index < -0.39 is 0 Å². The van der Waals surface area contributed by atoms with E-state index in [2.05, 4.69) is 28.9 Å². The number of hydrogen-bond donors (Lipinski definition) is 1. The Morgan fingerprint density at radius 2 is 1.94 bits per heavy atom. The van der Waals surface area contributed by atoms with Crippen molar-refractivity contribution >= 4 is 11.5 Å². The third-order valence-corrected chi connectivity index (χ3v) is 2.62. The van der Waals surface area contributed by atoms with Gasteiger partial charge in [-0.1, -0.05) is 0 Å². The normalized spacial score (nSPS) is 10.8. The highest BCUT2D eigenvalue weighted by molar-refractivity contribution is 5.54. The van der Waals surface area contributed by atoms with E-state index in [1.165, 1.54) is 0 Å². The summed E-state index contributed by atoms with van der Waals surface area (Å²) in [6.45, 7) is 4.05. The highest BCUT2D eigenvalue weighted by atomic mass is 15.2. The third-order valence-electron chi connectivity index (χ3n) is 2.62. The zero-order valence-corrected chi connectivity index (χ0v) is 10.7. The zero-order valence-electron chi connectivity index (χ0n) is 10.7. The summed E-state index contributed by atoms with van der Waals surface area (Å²) < 4.78 is 0. The predicted molar refractivity (Wildman–Crippen MR) is 69.8 cm³/mol. The molecule has 0 bridgehead atoms. The molecule has 0 saturated carbocycles. The van der Waals surface area contributed by atoms with Gasteiger partial charge in [-0.05, 0) is 39.5 Å². The third kappa shape index (κ3) is 3.70. The molecule has 0 saturated heterocycles. The molecule has 2 N–H and O–H groups in total. The molecule has 4 heteroatoms. The van der Waals surface area contributed by atoms with Gasteiger partial charge in [0.2, 0.25) is 0 Å². The summed E-state index contributed by atoms with van der Waals surface area (Å²) >= 11 is 0. The average Bonchev–Trinajstić information content (AvgIpc) is 2.21. The highest BCUT2D eigenvalue weighted by Crippen LogP contribution is 2.16. The second kappa shape index (κ2) is 5.70. The average molecular weight is 222 g/mol. The standard InChI is InChI=1S/C12H22N4/c1-10-9-14-12(8-11(10)13)16(4)7-5-6-15(2)3/h8-9H,5-7H2,1-4H3,(H2,13,14). The first kappa shape index (κ1) is 12.8. The van der Waals surface area contributed by atoms with Crippen LogP contribution in [0.2, 0.25) is 0 Å². The van der Waals surface area contributed by atoms with Crippen molar-refractivity contribution in [2.24, 2.45) is 0 Å². The Labute approximate surface area is 98.1 Å². The minimum absolute atomic E-state index is 0.810. The van der Waals surface area contributed by atoms with Crippen LogP contribution in [0.1, 0.15) is 12.0 Å². The lowest BCUT2D eigenvalue weighted by molar-refractivity contribution is 0.401. The molecule has 1 aromatic heterocycles. The lowest BCUT2D eigenvalue weighted by Gasteiger charge is -2.20. The molecular weight excluding hydrogens is 200 g/mol. The van der Waals surface area contributed by atoms with Crippen molar-refractivity contribution in [3.8, 4) is 0 Å². The number of pyridine rings is 1. The molecule has 0 aliphatic heterocycles. The van der Waals surface area contributed by atoms with Gasteiger partial charge in [-0.15, -0.1) is 0 Å². The topological polar surface area (TPSA) is 45.4 Å². The highest BCUT2D eigenvalue weighted by Gasteiger charge is 2.04. The van der Waals surface area contributed by atoms with Gasteiger partial charge < -0.3 is 15.5 Å². The fourth-order valence-electron chi connectivity index (χ4n) is 1.48. The largest absolute Gasteiger partial charge is 0.398 e. The van der Waals surface area contributed by atoms with E-state index in [0.717, 1.165) is 36.6 Å². The summed E-state index contributed by atoms with van der Waals surface area (Å²) in [6.07, 6.45) is 2.95. The number of nitrogen functional groups attached to an aromatic ring is 1. The molecule has 1 rings (SSSR count). The van der Waals surface area contributed by atoms with Crippen LogP contribution in [0.4, 0.5) is 11.5 Å². The van der Waals surface area contributed by atoms with E-state index in [1.807, 2.05) is 26.2 Å². The lowest BCUT2D eigenvalue weighted by Crippen LogP contribution is -2.24. The molecule has 0 aliphatic carbocycles. The van der Waals surface area contributed by atoms with Gasteiger partial charge in [0.1, 0.15) is 5.82 Å². The van der Waals surface area contributed by atoms with Crippen molar-refractivity contribution in [1.82, 2.24) is 9.88 Å². The van der Waals surface area contributed by atoms with Crippen molar-refractivity contribution in [1.29, 1.82) is 0 Å². The van der Waals surface area contributed by atoms with Crippen LogP contribution in [0.3, 0.4) is 0 Å². The van der Waals surface area contributed by atoms with Gasteiger partial charge in [-0.3, -0.25) is 0 Å². The maximum absolute atomic E-state index is 5.86. The molecule has 0 amide bonds. The monoisotopic (exact) mass is 222 g/mol. The van der Waals surface area contributed by atoms with Gasteiger partial charge in [0.25, 0.3) is 0 Å². The van der Waals surface area contributed by atoms with E-state index in [-0.39, 0.29) is 0 Å². The lowest BCUT2D eigenvalue weighted by atomic mass is 10.2. The molecule has 0 spiro atoms. The van der Waals surface area contributed by atoms with E-state index in [0.29, 0.717) is 0 Å². The Bertz CT molecular complexity index is 336. The second-order valence-electron chi connectivity index (χ2n) is 4.48. The Morgan fingerprint density at radius 1 is 1.25 bits per heavy atom. The first-order valence-electron chi connectivity index (χ1n) is 5.58. The molecule has 0 atom stereocenters. The van der Waals surface area contributed by atoms with Gasteiger partial charge in [-0.2, -0.15) is 0 Å². The van der Waals surface area contributed by atoms with Crippen molar-refractivity contribution in [3.63, 3.8) is 0 Å². The number of aromatic nitrogens is 1. The minimum atomic E-state index is 0.810. The number of aryl methyl sites for hydroxylation is 1. The number of rotatable bonds is 5. The first-order chi connectivity index (χ1) is 7.50. The molecule has 90 valence electrons. The van der Waals surface area contributed by atoms with Crippen molar-refractivity contribution in [2.45, 2.75) is 13.3 Å². The maximum atomic E-state index is 5.86. The molecule has 16 heavy (non-hydrogen) atoms. The second-order valence-corrected chi connectivity index (χ2v) is 4.48. The Hall–Kier alpha value is -1.29. The maximum Gasteiger partial charge on any atom is 0.130 e. The predicted octanol–water partition coefficient (Wildman–Crippen LogP) is 1.36. The SMILES string of the molecule is Cc1cnc(N(C)CCCN(C)C)cc1N. The molecule has 4 nitrogen and oxygen atoms in total. The quantitative estimate of drug-likeness (QED) is 0.817. The van der Waals surface area contributed by atoms with Crippen LogP contribution in [0.15, 0.2) is 12.3 Å². The zero-order chi connectivity index (χ0) is 12.1. The number of nitrogens with two attached hydrogens (primary N) is 1. The summed E-state index contributed by atoms with van der Waals surface area (Å²) in [5.41, 5.74) is 7.70. The molecular formula is C12H22N4. The molecule has 1 heterocycles. The van der Waals surface area contributed by atoms with Crippen LogP contribution in [-0.2, 0) is 0 Å². The molecule has 0 aliphatic rings. The van der Waals surface area contributed by atoms with E-state index >= 15 is 0 Å². The van der Waals surface area contributed by atoms with Gasteiger partial charge in [-0.25, -0.2) is 4.98 Å². The van der Waals surface area contributed by atoms with Crippen LogP contribution >= 0.6 is 0 Å². The smallest absolute Gasteiger partial charge is 0.130 e. The van der Waals surface area contributed by atoms with Crippen LogP contribution in [-0.4, -0.2) is 44.1 Å². The Balaban J connectivity index is 2.52. The Morgan fingerprint density at radius 3 is 2.50 bits per heavy atom. The van der Waals surface area contributed by atoms with Gasteiger partial charge in [0.05, 0.1) is 0 Å². The summed E-state index contributed by atoms with van der Waals surface area (Å²) in [5.74, 6) is 0.946. The molecule has 0 fully saturated rings. The van der Waals surface area contributed by atoms with Crippen LogP contribution in [0.5, 0.6) is 0 Å². The molecule has 0 aromatic carbocycles. The number of hydrogen-bond acceptors (Lipinski definition) is 4. The fraction of sp³-hybridized carbons (Fsp3) is 0.583. The van der Waals surface area contributed by atoms with Crippen molar-refractivity contribution in [3.05, 3.63) is 17.8 Å². The molecule has 0 radical (unpaired) electrons. The van der Waals surface area contributed by atoms with Gasteiger partial charge in [0.15, 0.2) is 0 Å². The first-order valence-corrected chi connectivity index (χ1v) is 5.58. The van der Waals surface area contributed by atoms with Crippen LogP contribution < -0.4 is 10.6 Å². The molecule has 0 unspecified atom stereocenters. The van der Waals surface area contributed by atoms with Crippen molar-refractivity contribution in [2.75, 3.05) is 44.9 Å².